The molecule has 0 heterocycles. The van der Waals surface area contributed by atoms with Crippen molar-refractivity contribution in [3.05, 3.63) is 29.8 Å². The zero-order chi connectivity index (χ0) is 9.68. The van der Waals surface area contributed by atoms with Gasteiger partial charge in [-0.25, -0.2) is 0 Å². The fraction of sp³-hybridized carbons (Fsp3) is 0.222. The summed E-state index contributed by atoms with van der Waals surface area (Å²) in [6.45, 7) is 0.678. The van der Waals surface area contributed by atoms with E-state index in [0.717, 1.165) is 0 Å². The van der Waals surface area contributed by atoms with Gasteiger partial charge in [0.25, 0.3) is 0 Å². The quantitative estimate of drug-likeness (QED) is 0.339. The summed E-state index contributed by atoms with van der Waals surface area (Å²) in [6.07, 6.45) is 2.05. The van der Waals surface area contributed by atoms with E-state index in [1.54, 1.807) is 11.8 Å². The van der Waals surface area contributed by atoms with E-state index in [1.165, 1.54) is 10.5 Å². The number of guanidine groups is 1. The second-order valence-electron chi connectivity index (χ2n) is 2.66. The van der Waals surface area contributed by atoms with Gasteiger partial charge in [-0.1, -0.05) is 12.1 Å². The Hall–Kier alpha value is -1.16. The van der Waals surface area contributed by atoms with Crippen molar-refractivity contribution in [3.8, 4) is 0 Å². The molecule has 0 aromatic heterocycles. The minimum Gasteiger partial charge on any atom is -0.291 e. The van der Waals surface area contributed by atoms with E-state index in [0.29, 0.717) is 6.54 Å². The fourth-order valence-corrected chi connectivity index (χ4v) is 1.36. The van der Waals surface area contributed by atoms with E-state index in [4.69, 9.17) is 11.5 Å². The zero-order valence-corrected chi connectivity index (χ0v) is 8.40. The largest absolute Gasteiger partial charge is 0.339 e. The molecular weight excluding hydrogens is 182 g/mol. The van der Waals surface area contributed by atoms with Crippen LogP contribution in [0.4, 0.5) is 0 Å². The highest BCUT2D eigenvalue weighted by atomic mass is 32.2. The molecule has 1 aromatic carbocycles. The molecule has 70 valence electrons. The normalized spacial score (nSPS) is 9.62. The summed E-state index contributed by atoms with van der Waals surface area (Å²) < 4.78 is 0. The molecule has 4 heteroatoms. The maximum absolute atomic E-state index is 5.28. The summed E-state index contributed by atoms with van der Waals surface area (Å²) in [5.74, 6) is 0.258. The summed E-state index contributed by atoms with van der Waals surface area (Å²) in [5.41, 5.74) is 11.7. The summed E-state index contributed by atoms with van der Waals surface area (Å²) in [4.78, 5) is 4.12. The van der Waals surface area contributed by atoms with Crippen molar-refractivity contribution in [2.45, 2.75) is 11.4 Å². The van der Waals surface area contributed by atoms with Crippen molar-refractivity contribution >= 4 is 17.7 Å². The van der Waals surface area contributed by atoms with E-state index in [9.17, 15) is 0 Å². The van der Waals surface area contributed by atoms with Crippen molar-refractivity contribution in [1.29, 1.82) is 0 Å². The van der Waals surface area contributed by atoms with E-state index in [1.807, 2.05) is 0 Å². The molecule has 0 aliphatic carbocycles. The van der Waals surface area contributed by atoms with Gasteiger partial charge in [0.15, 0.2) is 0 Å². The van der Waals surface area contributed by atoms with Crippen molar-refractivity contribution < 1.29 is 4.99 Å². The predicted molar refractivity (Wildman–Crippen MR) is 56.3 cm³/mol. The second-order valence-corrected chi connectivity index (χ2v) is 3.54. The van der Waals surface area contributed by atoms with Crippen LogP contribution in [0.2, 0.25) is 0 Å². The van der Waals surface area contributed by atoms with Crippen LogP contribution < -0.4 is 16.5 Å². The van der Waals surface area contributed by atoms with Gasteiger partial charge in [-0.05, 0) is 24.0 Å². The molecule has 0 atom stereocenters. The summed E-state index contributed by atoms with van der Waals surface area (Å²) in [7, 11) is 0. The molecule has 1 aromatic rings. The Kier molecular flexibility index (Phi) is 3.64. The van der Waals surface area contributed by atoms with Crippen molar-refractivity contribution in [2.75, 3.05) is 6.26 Å². The first kappa shape index (κ1) is 9.92. The van der Waals surface area contributed by atoms with Gasteiger partial charge in [-0.3, -0.25) is 16.5 Å². The number of hydrogen-bond donors (Lipinski definition) is 3. The molecule has 0 radical (unpaired) electrons. The molecule has 5 N–H and O–H groups in total. The fourth-order valence-electron chi connectivity index (χ4n) is 0.948. The molecule has 1 rings (SSSR count). The summed E-state index contributed by atoms with van der Waals surface area (Å²) in [6, 6.07) is 8.27. The molecule has 0 aliphatic heterocycles. The minimum atomic E-state index is 0.258. The highest BCUT2D eigenvalue weighted by molar-refractivity contribution is 7.98. The Morgan fingerprint density at radius 2 is 1.92 bits per heavy atom. The number of hydrogen-bond acceptors (Lipinski definition) is 1. The van der Waals surface area contributed by atoms with Crippen LogP contribution in [-0.4, -0.2) is 12.2 Å². The summed E-state index contributed by atoms with van der Waals surface area (Å²) in [5, 5.41) is 0. The van der Waals surface area contributed by atoms with Gasteiger partial charge in [0.2, 0.25) is 0 Å². The van der Waals surface area contributed by atoms with Gasteiger partial charge in [-0.2, -0.15) is 0 Å². The van der Waals surface area contributed by atoms with E-state index in [-0.39, 0.29) is 5.96 Å². The SMILES string of the molecule is CSc1ccc(C[NH+]=C(N)N)cc1. The average Bonchev–Trinajstić information content (AvgIpc) is 2.15. The first-order chi connectivity index (χ1) is 6.22. The van der Waals surface area contributed by atoms with Crippen LogP contribution in [0.25, 0.3) is 0 Å². The van der Waals surface area contributed by atoms with Crippen molar-refractivity contribution in [3.63, 3.8) is 0 Å². The van der Waals surface area contributed by atoms with Crippen molar-refractivity contribution in [1.82, 2.24) is 0 Å². The molecular formula is C9H14N3S+. The zero-order valence-electron chi connectivity index (χ0n) is 7.58. The molecule has 0 aliphatic rings. The van der Waals surface area contributed by atoms with Crippen LogP contribution >= 0.6 is 11.8 Å². The second kappa shape index (κ2) is 4.77. The number of thioether (sulfide) groups is 1. The van der Waals surface area contributed by atoms with Gasteiger partial charge in [0.05, 0.1) is 6.54 Å². The number of nitrogens with one attached hydrogen (secondary N) is 1. The Morgan fingerprint density at radius 3 is 2.38 bits per heavy atom. The lowest BCUT2D eigenvalue weighted by Gasteiger charge is -1.97. The van der Waals surface area contributed by atoms with E-state index < -0.39 is 0 Å². The third-order valence-corrected chi connectivity index (χ3v) is 2.40. The Morgan fingerprint density at radius 1 is 1.31 bits per heavy atom. The van der Waals surface area contributed by atoms with Crippen LogP contribution in [0.1, 0.15) is 5.56 Å². The smallest absolute Gasteiger partial charge is 0.291 e. The maximum Gasteiger partial charge on any atom is 0.339 e. The Bertz CT molecular complexity index is 288. The Labute approximate surface area is 82.2 Å². The highest BCUT2D eigenvalue weighted by Crippen LogP contribution is 2.13. The molecule has 0 spiro atoms. The van der Waals surface area contributed by atoms with Gasteiger partial charge in [0, 0.05) is 4.90 Å². The first-order valence-electron chi connectivity index (χ1n) is 3.97. The van der Waals surface area contributed by atoms with Crippen LogP contribution in [-0.2, 0) is 6.54 Å². The monoisotopic (exact) mass is 196 g/mol. The third kappa shape index (κ3) is 3.38. The van der Waals surface area contributed by atoms with E-state index in [2.05, 4.69) is 35.5 Å². The first-order valence-corrected chi connectivity index (χ1v) is 5.19. The third-order valence-electron chi connectivity index (χ3n) is 1.66. The molecule has 3 nitrogen and oxygen atoms in total. The Balaban J connectivity index is 2.64. The number of rotatable bonds is 3. The highest BCUT2D eigenvalue weighted by Gasteiger charge is 1.93. The molecule has 0 amide bonds. The molecule has 0 saturated carbocycles. The topological polar surface area (TPSA) is 66.0 Å². The molecule has 0 bridgehead atoms. The number of benzene rings is 1. The van der Waals surface area contributed by atoms with Gasteiger partial charge >= 0.3 is 5.96 Å². The standard InChI is InChI=1S/C9H13N3S/c1-13-8-4-2-7(3-5-8)6-12-9(10)11/h2-5H,6H2,1H3,(H4,10,11,12)/p+1. The van der Waals surface area contributed by atoms with E-state index >= 15 is 0 Å². The summed E-state index contributed by atoms with van der Waals surface area (Å²) >= 11 is 1.73. The van der Waals surface area contributed by atoms with Crippen LogP contribution in [0.5, 0.6) is 0 Å². The average molecular weight is 196 g/mol. The van der Waals surface area contributed by atoms with Gasteiger partial charge in [-0.15, -0.1) is 11.8 Å². The lowest BCUT2D eigenvalue weighted by molar-refractivity contribution is -0.477. The molecule has 0 unspecified atom stereocenters. The minimum absolute atomic E-state index is 0.258. The van der Waals surface area contributed by atoms with Crippen LogP contribution in [0.3, 0.4) is 0 Å². The molecule has 0 saturated heterocycles. The van der Waals surface area contributed by atoms with Crippen molar-refractivity contribution in [2.24, 2.45) is 11.5 Å². The lowest BCUT2D eigenvalue weighted by atomic mass is 10.2. The maximum atomic E-state index is 5.28. The number of nitrogens with two attached hydrogens (primary N) is 2. The van der Waals surface area contributed by atoms with Crippen LogP contribution in [0, 0.1) is 0 Å². The predicted octanol–water partition coefficient (Wildman–Crippen LogP) is -0.737. The van der Waals surface area contributed by atoms with Gasteiger partial charge in [0.1, 0.15) is 0 Å². The van der Waals surface area contributed by atoms with Gasteiger partial charge < -0.3 is 0 Å². The lowest BCUT2D eigenvalue weighted by Crippen LogP contribution is -2.76. The van der Waals surface area contributed by atoms with Crippen LogP contribution in [0.15, 0.2) is 29.2 Å². The molecule has 13 heavy (non-hydrogen) atoms. The molecule has 0 fully saturated rings.